The summed E-state index contributed by atoms with van der Waals surface area (Å²) in [5.74, 6) is 1.85. The number of rotatable bonds is 1. The Kier molecular flexibility index (Phi) is 2.09. The van der Waals surface area contributed by atoms with Crippen molar-refractivity contribution in [1.82, 2.24) is 9.78 Å². The van der Waals surface area contributed by atoms with Gasteiger partial charge in [-0.05, 0) is 28.3 Å². The van der Waals surface area contributed by atoms with Crippen LogP contribution in [0.1, 0.15) is 13.3 Å². The Morgan fingerprint density at radius 1 is 1.83 bits per heavy atom. The summed E-state index contributed by atoms with van der Waals surface area (Å²) in [6, 6.07) is 0. The number of aromatic nitrogens is 2. The summed E-state index contributed by atoms with van der Waals surface area (Å²) in [6.45, 7) is 4.33. The van der Waals surface area contributed by atoms with Crippen molar-refractivity contribution in [3.63, 3.8) is 0 Å². The molecule has 0 fully saturated rings. The first-order valence-corrected chi connectivity index (χ1v) is 5.05. The second kappa shape index (κ2) is 3.09. The topological polar surface area (TPSA) is 29.9 Å². The van der Waals surface area contributed by atoms with Crippen LogP contribution in [0.2, 0.25) is 0 Å². The SMILES string of the molecule is CCC1CNc2c(Br)cnn2C1. The fourth-order valence-corrected chi connectivity index (χ4v) is 1.94. The van der Waals surface area contributed by atoms with Crippen molar-refractivity contribution in [2.45, 2.75) is 19.9 Å². The summed E-state index contributed by atoms with van der Waals surface area (Å²) in [7, 11) is 0. The first-order chi connectivity index (χ1) is 5.81. The van der Waals surface area contributed by atoms with Gasteiger partial charge < -0.3 is 5.32 Å². The van der Waals surface area contributed by atoms with Gasteiger partial charge in [0, 0.05) is 13.1 Å². The lowest BCUT2D eigenvalue weighted by atomic mass is 10.1. The third-order valence-electron chi connectivity index (χ3n) is 2.36. The Morgan fingerprint density at radius 3 is 3.42 bits per heavy atom. The zero-order valence-corrected chi connectivity index (χ0v) is 8.63. The van der Waals surface area contributed by atoms with Crippen LogP contribution in [0, 0.1) is 5.92 Å². The fraction of sp³-hybridized carbons (Fsp3) is 0.625. The Bertz CT molecular complexity index is 282. The number of nitrogens with zero attached hydrogens (tertiary/aromatic N) is 2. The molecule has 1 aromatic heterocycles. The molecule has 2 heterocycles. The van der Waals surface area contributed by atoms with Crippen LogP contribution in [0.15, 0.2) is 10.7 Å². The van der Waals surface area contributed by atoms with Gasteiger partial charge in [-0.25, -0.2) is 4.68 Å². The summed E-state index contributed by atoms with van der Waals surface area (Å²) in [5, 5.41) is 7.63. The minimum absolute atomic E-state index is 0.726. The van der Waals surface area contributed by atoms with Crippen molar-refractivity contribution in [3.8, 4) is 0 Å². The summed E-state index contributed by atoms with van der Waals surface area (Å²) in [4.78, 5) is 0. The molecule has 1 unspecified atom stereocenters. The largest absolute Gasteiger partial charge is 0.369 e. The lowest BCUT2D eigenvalue weighted by molar-refractivity contribution is 0.404. The lowest BCUT2D eigenvalue weighted by Gasteiger charge is -2.23. The summed E-state index contributed by atoms with van der Waals surface area (Å²) < 4.78 is 3.10. The van der Waals surface area contributed by atoms with E-state index in [1.165, 1.54) is 6.42 Å². The van der Waals surface area contributed by atoms with Crippen LogP contribution >= 0.6 is 15.9 Å². The van der Waals surface area contributed by atoms with Gasteiger partial charge in [0.2, 0.25) is 0 Å². The predicted molar refractivity (Wildman–Crippen MR) is 52.2 cm³/mol. The number of hydrogen-bond donors (Lipinski definition) is 1. The molecule has 0 saturated heterocycles. The van der Waals surface area contributed by atoms with Crippen LogP contribution in [-0.4, -0.2) is 16.3 Å². The van der Waals surface area contributed by atoms with Crippen molar-refractivity contribution in [2.75, 3.05) is 11.9 Å². The van der Waals surface area contributed by atoms with E-state index in [-0.39, 0.29) is 0 Å². The average molecular weight is 230 g/mol. The quantitative estimate of drug-likeness (QED) is 0.800. The van der Waals surface area contributed by atoms with E-state index < -0.39 is 0 Å². The molecule has 1 N–H and O–H groups in total. The van der Waals surface area contributed by atoms with Crippen molar-refractivity contribution in [1.29, 1.82) is 0 Å². The monoisotopic (exact) mass is 229 g/mol. The highest BCUT2D eigenvalue weighted by molar-refractivity contribution is 9.10. The molecule has 1 atom stereocenters. The highest BCUT2D eigenvalue weighted by Crippen LogP contribution is 2.26. The maximum Gasteiger partial charge on any atom is 0.138 e. The Hall–Kier alpha value is -0.510. The molecule has 1 aliphatic rings. The molecule has 3 nitrogen and oxygen atoms in total. The Balaban J connectivity index is 2.24. The maximum atomic E-state index is 4.26. The fourth-order valence-electron chi connectivity index (χ4n) is 1.50. The van der Waals surface area contributed by atoms with Crippen LogP contribution in [0.3, 0.4) is 0 Å². The van der Waals surface area contributed by atoms with Crippen molar-refractivity contribution in [3.05, 3.63) is 10.7 Å². The molecule has 0 aromatic carbocycles. The average Bonchev–Trinajstić information content (AvgIpc) is 2.47. The molecule has 66 valence electrons. The minimum Gasteiger partial charge on any atom is -0.369 e. The van der Waals surface area contributed by atoms with Crippen molar-refractivity contribution < 1.29 is 0 Å². The van der Waals surface area contributed by atoms with Crippen LogP contribution in [-0.2, 0) is 6.54 Å². The molecule has 12 heavy (non-hydrogen) atoms. The van der Waals surface area contributed by atoms with Gasteiger partial charge >= 0.3 is 0 Å². The van der Waals surface area contributed by atoms with Crippen LogP contribution in [0.4, 0.5) is 5.82 Å². The predicted octanol–water partition coefficient (Wildman–Crippen LogP) is 2.10. The van der Waals surface area contributed by atoms with Gasteiger partial charge in [-0.15, -0.1) is 0 Å². The van der Waals surface area contributed by atoms with Gasteiger partial charge in [0.1, 0.15) is 5.82 Å². The summed E-state index contributed by atoms with van der Waals surface area (Å²) >= 11 is 3.45. The van der Waals surface area contributed by atoms with Gasteiger partial charge in [0.25, 0.3) is 0 Å². The molecule has 0 aliphatic carbocycles. The molecule has 0 amide bonds. The van der Waals surface area contributed by atoms with Gasteiger partial charge in [0.05, 0.1) is 10.7 Å². The highest BCUT2D eigenvalue weighted by atomic mass is 79.9. The summed E-state index contributed by atoms with van der Waals surface area (Å²) in [5.41, 5.74) is 0. The third-order valence-corrected chi connectivity index (χ3v) is 2.94. The second-order valence-corrected chi connectivity index (χ2v) is 4.03. The molecule has 0 spiro atoms. The van der Waals surface area contributed by atoms with Crippen molar-refractivity contribution >= 4 is 21.7 Å². The molecule has 4 heteroatoms. The molecule has 0 bridgehead atoms. The number of anilines is 1. The molecular formula is C8H12BrN3. The van der Waals surface area contributed by atoms with E-state index in [0.29, 0.717) is 0 Å². The van der Waals surface area contributed by atoms with Crippen LogP contribution in [0.25, 0.3) is 0 Å². The zero-order valence-electron chi connectivity index (χ0n) is 7.05. The van der Waals surface area contributed by atoms with Crippen LogP contribution < -0.4 is 5.32 Å². The van der Waals surface area contributed by atoms with E-state index in [1.807, 2.05) is 10.9 Å². The van der Waals surface area contributed by atoms with Gasteiger partial charge in [-0.3, -0.25) is 0 Å². The van der Waals surface area contributed by atoms with E-state index in [0.717, 1.165) is 29.3 Å². The highest BCUT2D eigenvalue weighted by Gasteiger charge is 2.18. The normalized spacial score (nSPS) is 21.7. The maximum absolute atomic E-state index is 4.26. The minimum atomic E-state index is 0.726. The molecule has 0 saturated carbocycles. The van der Waals surface area contributed by atoms with E-state index in [1.54, 1.807) is 0 Å². The molecule has 1 aliphatic heterocycles. The lowest BCUT2D eigenvalue weighted by Crippen LogP contribution is -2.27. The van der Waals surface area contributed by atoms with Crippen molar-refractivity contribution in [2.24, 2.45) is 5.92 Å². The molecule has 1 aromatic rings. The van der Waals surface area contributed by atoms with Crippen LogP contribution in [0.5, 0.6) is 0 Å². The standard InChI is InChI=1S/C8H12BrN3/c1-2-6-3-10-8-7(9)4-11-12(8)5-6/h4,6,10H,2-3,5H2,1H3. The van der Waals surface area contributed by atoms with Gasteiger partial charge in [-0.1, -0.05) is 6.92 Å². The molecular weight excluding hydrogens is 218 g/mol. The number of fused-ring (bicyclic) bond motifs is 1. The van der Waals surface area contributed by atoms with E-state index >= 15 is 0 Å². The Labute approximate surface area is 80.3 Å². The number of halogens is 1. The van der Waals surface area contributed by atoms with E-state index in [4.69, 9.17) is 0 Å². The zero-order chi connectivity index (χ0) is 8.55. The van der Waals surface area contributed by atoms with E-state index in [2.05, 4.69) is 33.3 Å². The third kappa shape index (κ3) is 1.24. The van der Waals surface area contributed by atoms with Gasteiger partial charge in [-0.2, -0.15) is 5.10 Å². The Morgan fingerprint density at radius 2 is 2.67 bits per heavy atom. The number of nitrogens with one attached hydrogen (secondary N) is 1. The smallest absolute Gasteiger partial charge is 0.138 e. The second-order valence-electron chi connectivity index (χ2n) is 3.18. The molecule has 2 rings (SSSR count). The van der Waals surface area contributed by atoms with Gasteiger partial charge in [0.15, 0.2) is 0 Å². The number of hydrogen-bond acceptors (Lipinski definition) is 2. The summed E-state index contributed by atoms with van der Waals surface area (Å²) in [6.07, 6.45) is 3.06. The molecule has 0 radical (unpaired) electrons. The first kappa shape index (κ1) is 8.10. The first-order valence-electron chi connectivity index (χ1n) is 4.26. The van der Waals surface area contributed by atoms with E-state index in [9.17, 15) is 0 Å².